The van der Waals surface area contributed by atoms with Crippen molar-refractivity contribution < 1.29 is 27.4 Å². The maximum absolute atomic E-state index is 14.7. The van der Waals surface area contributed by atoms with Crippen LogP contribution in [0.25, 0.3) is 17.2 Å². The van der Waals surface area contributed by atoms with Gasteiger partial charge in [0.05, 0.1) is 0 Å². The number of halogens is 1. The second-order valence-corrected chi connectivity index (χ2v) is 15.4. The van der Waals surface area contributed by atoms with Gasteiger partial charge in [-0.2, -0.15) is 0 Å². The van der Waals surface area contributed by atoms with Gasteiger partial charge >= 0.3 is 5.97 Å². The van der Waals surface area contributed by atoms with E-state index in [1.54, 1.807) is 55.2 Å². The number of carbonyl (C=O) groups is 1. The Morgan fingerprint density at radius 2 is 1.54 bits per heavy atom. The van der Waals surface area contributed by atoms with E-state index in [2.05, 4.69) is 10.5 Å². The number of ether oxygens (including phenoxy) is 1. The van der Waals surface area contributed by atoms with Gasteiger partial charge in [0.25, 0.3) is 0 Å². The molecule has 0 heterocycles. The van der Waals surface area contributed by atoms with Crippen molar-refractivity contribution in [3.63, 3.8) is 0 Å². The summed E-state index contributed by atoms with van der Waals surface area (Å²) in [6, 6.07) is 27.0. The van der Waals surface area contributed by atoms with Crippen LogP contribution in [0.2, 0.25) is 0 Å². The second kappa shape index (κ2) is 14.4. The first kappa shape index (κ1) is 35.2. The summed E-state index contributed by atoms with van der Waals surface area (Å²) >= 11 is 0. The van der Waals surface area contributed by atoms with E-state index in [1.807, 2.05) is 83.2 Å². The molecule has 0 N–H and O–H groups in total. The maximum Gasteiger partial charge on any atom is 0.347 e. The second-order valence-electron chi connectivity index (χ2n) is 12.7. The molecular formula is C38H41FO5PSi. The maximum atomic E-state index is 14.7. The van der Waals surface area contributed by atoms with Crippen molar-refractivity contribution in [1.29, 1.82) is 0 Å². The van der Waals surface area contributed by atoms with Crippen LogP contribution in [-0.4, -0.2) is 29.7 Å². The lowest BCUT2D eigenvalue weighted by atomic mass is 9.68. The van der Waals surface area contributed by atoms with Gasteiger partial charge in [-0.25, -0.2) is 9.18 Å². The van der Waals surface area contributed by atoms with Crippen LogP contribution in [0.1, 0.15) is 48.6 Å². The molecule has 0 aliphatic heterocycles. The number of esters is 1. The van der Waals surface area contributed by atoms with Gasteiger partial charge in [-0.1, -0.05) is 93.1 Å². The van der Waals surface area contributed by atoms with Gasteiger partial charge in [-0.05, 0) is 89.9 Å². The molecule has 0 spiro atoms. The predicted molar refractivity (Wildman–Crippen MR) is 185 cm³/mol. The smallest absolute Gasteiger partial charge is 0.347 e. The lowest BCUT2D eigenvalue weighted by molar-refractivity contribution is -0.162. The van der Waals surface area contributed by atoms with Crippen molar-refractivity contribution in [2.75, 3.05) is 13.3 Å². The van der Waals surface area contributed by atoms with Crippen molar-refractivity contribution in [3.8, 4) is 16.9 Å². The fourth-order valence-corrected chi connectivity index (χ4v) is 8.32. The molecule has 3 radical (unpaired) electrons. The molecule has 46 heavy (non-hydrogen) atoms. The van der Waals surface area contributed by atoms with Gasteiger partial charge in [-0.15, -0.1) is 0 Å². The Labute approximate surface area is 275 Å². The molecule has 4 rings (SSSR count). The molecule has 0 aliphatic rings. The quantitative estimate of drug-likeness (QED) is 0.0697. The van der Waals surface area contributed by atoms with E-state index >= 15 is 0 Å². The monoisotopic (exact) mass is 655 g/mol. The molecule has 4 aromatic rings. The first-order chi connectivity index (χ1) is 21.7. The number of para-hydroxylation sites is 1. The summed E-state index contributed by atoms with van der Waals surface area (Å²) in [4.78, 5) is 14.3. The highest BCUT2D eigenvalue weighted by Gasteiger charge is 2.55. The standard InChI is InChI=1S/C38H41FO5PSi/c1-26-22-27(2)32(33(23-26)29-18-19-34(39)28(3)24-29)20-21-45(41,42-7)25-35(37(4,5)6)38(44-46,30-14-10-8-11-15-30)36(40)43-31-16-12-9-13-17-31/h8-24,35H,25H2,1-7H3. The SMILES string of the molecule is COP(=O)(C=Cc1c(C)cc(C)cc1-c1ccc(F)c(C)c1)CC(C(C)(C)C)C(O[Si])(C(=O)Oc1ccccc1)c1ccccc1. The summed E-state index contributed by atoms with van der Waals surface area (Å²) in [5.41, 5.74) is 3.35. The molecule has 5 nitrogen and oxygen atoms in total. The first-order valence-corrected chi connectivity index (χ1v) is 17.4. The van der Waals surface area contributed by atoms with Crippen LogP contribution in [0.5, 0.6) is 5.75 Å². The molecule has 0 saturated carbocycles. The van der Waals surface area contributed by atoms with Crippen LogP contribution < -0.4 is 4.74 Å². The number of benzene rings is 4. The molecule has 0 fully saturated rings. The molecule has 8 heteroatoms. The molecule has 0 aliphatic carbocycles. The van der Waals surface area contributed by atoms with Gasteiger partial charge in [0, 0.05) is 25.0 Å². The Hall–Kier alpha value is -3.61. The van der Waals surface area contributed by atoms with Crippen molar-refractivity contribution in [3.05, 3.63) is 130 Å². The van der Waals surface area contributed by atoms with E-state index in [-0.39, 0.29) is 12.0 Å². The summed E-state index contributed by atoms with van der Waals surface area (Å²) in [7, 11) is 1.11. The van der Waals surface area contributed by atoms with Gasteiger partial charge in [-0.3, -0.25) is 4.57 Å². The summed E-state index contributed by atoms with van der Waals surface area (Å²) in [6.45, 7) is 11.6. The van der Waals surface area contributed by atoms with E-state index < -0.39 is 30.3 Å². The lowest BCUT2D eigenvalue weighted by Crippen LogP contribution is -2.53. The van der Waals surface area contributed by atoms with Crippen molar-refractivity contribution in [1.82, 2.24) is 0 Å². The molecule has 0 bridgehead atoms. The molecule has 3 unspecified atom stereocenters. The zero-order chi connectivity index (χ0) is 33.7. The summed E-state index contributed by atoms with van der Waals surface area (Å²) in [5.74, 6) is 0.329. The Kier molecular flexibility index (Phi) is 11.1. The normalized spacial score (nSPS) is 15.2. The zero-order valence-electron chi connectivity index (χ0n) is 27.5. The largest absolute Gasteiger partial charge is 0.424 e. The third kappa shape index (κ3) is 7.67. The number of hydrogen-bond donors (Lipinski definition) is 0. The number of carbonyl (C=O) groups excluding carboxylic acids is 1. The van der Waals surface area contributed by atoms with E-state index in [4.69, 9.17) is 13.7 Å². The van der Waals surface area contributed by atoms with Crippen LogP contribution in [0.3, 0.4) is 0 Å². The van der Waals surface area contributed by atoms with Gasteiger partial charge in [0.15, 0.2) is 5.60 Å². The van der Waals surface area contributed by atoms with Gasteiger partial charge in [0.1, 0.15) is 11.6 Å². The summed E-state index contributed by atoms with van der Waals surface area (Å²) in [6.07, 6.45) is 1.77. The Morgan fingerprint density at radius 3 is 2.11 bits per heavy atom. The number of rotatable bonds is 11. The van der Waals surface area contributed by atoms with Crippen LogP contribution in [0, 0.1) is 37.9 Å². The highest BCUT2D eigenvalue weighted by atomic mass is 31.2. The van der Waals surface area contributed by atoms with Crippen molar-refractivity contribution in [2.45, 2.75) is 47.1 Å². The van der Waals surface area contributed by atoms with Crippen LogP contribution in [-0.2, 0) is 23.9 Å². The Morgan fingerprint density at radius 1 is 0.913 bits per heavy atom. The third-order valence-corrected chi connectivity index (χ3v) is 10.8. The lowest BCUT2D eigenvalue weighted by Gasteiger charge is -2.45. The fraction of sp³-hybridized carbons (Fsp3) is 0.289. The van der Waals surface area contributed by atoms with Crippen LogP contribution in [0.4, 0.5) is 4.39 Å². The first-order valence-electron chi connectivity index (χ1n) is 15.1. The van der Waals surface area contributed by atoms with Crippen LogP contribution >= 0.6 is 7.37 Å². The van der Waals surface area contributed by atoms with Gasteiger partial charge < -0.3 is 13.7 Å². The molecule has 239 valence electrons. The topological polar surface area (TPSA) is 61.8 Å². The average Bonchev–Trinajstić information content (AvgIpc) is 3.02. The third-order valence-electron chi connectivity index (χ3n) is 8.37. The van der Waals surface area contributed by atoms with E-state index in [0.29, 0.717) is 16.9 Å². The molecule has 4 aromatic carbocycles. The fourth-order valence-electron chi connectivity index (χ4n) is 5.89. The molecule has 0 aromatic heterocycles. The van der Waals surface area contributed by atoms with E-state index in [9.17, 15) is 13.8 Å². The minimum Gasteiger partial charge on any atom is -0.424 e. The minimum absolute atomic E-state index is 0.0390. The van der Waals surface area contributed by atoms with Gasteiger partial charge in [0.2, 0.25) is 17.9 Å². The zero-order valence-corrected chi connectivity index (χ0v) is 29.4. The number of hydrogen-bond acceptors (Lipinski definition) is 5. The molecule has 0 saturated heterocycles. The Balaban J connectivity index is 1.83. The summed E-state index contributed by atoms with van der Waals surface area (Å²) in [5, 5.41) is 0. The van der Waals surface area contributed by atoms with Crippen molar-refractivity contribution >= 4 is 29.9 Å². The summed E-state index contributed by atoms with van der Waals surface area (Å²) < 4.78 is 46.6. The highest BCUT2D eigenvalue weighted by molar-refractivity contribution is 7.62. The molecular weight excluding hydrogens is 614 g/mol. The molecule has 3 atom stereocenters. The van der Waals surface area contributed by atoms with Crippen molar-refractivity contribution in [2.24, 2.45) is 11.3 Å². The molecule has 0 amide bonds. The van der Waals surface area contributed by atoms with Crippen LogP contribution in [0.15, 0.2) is 96.8 Å². The number of aryl methyl sites for hydroxylation is 3. The van der Waals surface area contributed by atoms with E-state index in [0.717, 1.165) is 27.8 Å². The van der Waals surface area contributed by atoms with E-state index in [1.165, 1.54) is 13.2 Å². The average molecular weight is 656 g/mol. The minimum atomic E-state index is -3.58. The highest BCUT2D eigenvalue weighted by Crippen LogP contribution is 2.57. The Bertz CT molecular complexity index is 1750. The predicted octanol–water partition coefficient (Wildman–Crippen LogP) is 9.58.